The molecular weight excluding hydrogens is 238 g/mol. The van der Waals surface area contributed by atoms with E-state index in [4.69, 9.17) is 10.8 Å². The number of benzene rings is 1. The molecule has 0 aromatic heterocycles. The molecule has 86 valence electrons. The van der Waals surface area contributed by atoms with Crippen LogP contribution in [0.2, 0.25) is 0 Å². The lowest BCUT2D eigenvalue weighted by Gasteiger charge is -2.11. The summed E-state index contributed by atoms with van der Waals surface area (Å²) in [6.45, 7) is -0.809. The van der Waals surface area contributed by atoms with Gasteiger partial charge in [0, 0.05) is 11.6 Å². The van der Waals surface area contributed by atoms with E-state index in [9.17, 15) is 17.6 Å². The Labute approximate surface area is 89.1 Å². The van der Waals surface area contributed by atoms with Crippen molar-refractivity contribution in [3.05, 3.63) is 34.9 Å². The van der Waals surface area contributed by atoms with E-state index in [1.54, 1.807) is 0 Å². The second kappa shape index (κ2) is 5.29. The van der Waals surface area contributed by atoms with E-state index in [0.717, 1.165) is 0 Å². The molecule has 0 heterocycles. The summed E-state index contributed by atoms with van der Waals surface area (Å²) in [5, 5.41) is 8.52. The van der Waals surface area contributed by atoms with Crippen LogP contribution in [0.5, 0.6) is 0 Å². The SMILES string of the molecule is Cl.N[C@@H](CO)c1c(F)c(F)cc(F)c1F. The van der Waals surface area contributed by atoms with E-state index in [0.29, 0.717) is 0 Å². The Morgan fingerprint density at radius 3 is 1.87 bits per heavy atom. The molecule has 3 N–H and O–H groups in total. The van der Waals surface area contributed by atoms with Gasteiger partial charge in [-0.3, -0.25) is 0 Å². The second-order valence-electron chi connectivity index (χ2n) is 2.67. The fraction of sp³-hybridized carbons (Fsp3) is 0.250. The van der Waals surface area contributed by atoms with Crippen LogP contribution in [0.3, 0.4) is 0 Å². The average Bonchev–Trinajstić information content (AvgIpc) is 2.15. The lowest BCUT2D eigenvalue weighted by atomic mass is 10.1. The molecule has 0 bridgehead atoms. The van der Waals surface area contributed by atoms with Gasteiger partial charge in [-0.1, -0.05) is 0 Å². The monoisotopic (exact) mass is 245 g/mol. The smallest absolute Gasteiger partial charge is 0.166 e. The van der Waals surface area contributed by atoms with Crippen LogP contribution in [0.1, 0.15) is 11.6 Å². The third kappa shape index (κ3) is 2.58. The quantitative estimate of drug-likeness (QED) is 0.615. The van der Waals surface area contributed by atoms with E-state index in [-0.39, 0.29) is 18.5 Å². The lowest BCUT2D eigenvalue weighted by molar-refractivity contribution is 0.259. The van der Waals surface area contributed by atoms with Crippen LogP contribution in [-0.2, 0) is 0 Å². The van der Waals surface area contributed by atoms with Gasteiger partial charge in [-0.05, 0) is 0 Å². The van der Waals surface area contributed by atoms with Crippen LogP contribution in [-0.4, -0.2) is 11.7 Å². The van der Waals surface area contributed by atoms with Gasteiger partial charge in [-0.2, -0.15) is 0 Å². The Kier molecular flexibility index (Phi) is 4.99. The molecule has 0 aliphatic rings. The van der Waals surface area contributed by atoms with Crippen LogP contribution >= 0.6 is 12.4 Å². The van der Waals surface area contributed by atoms with Crippen LogP contribution in [0, 0.1) is 23.3 Å². The fourth-order valence-corrected chi connectivity index (χ4v) is 1.01. The molecule has 1 atom stereocenters. The fourth-order valence-electron chi connectivity index (χ4n) is 1.01. The molecule has 15 heavy (non-hydrogen) atoms. The largest absolute Gasteiger partial charge is 0.394 e. The second-order valence-corrected chi connectivity index (χ2v) is 2.67. The highest BCUT2D eigenvalue weighted by atomic mass is 35.5. The number of nitrogens with two attached hydrogens (primary N) is 1. The van der Waals surface area contributed by atoms with Crippen LogP contribution in [0.25, 0.3) is 0 Å². The van der Waals surface area contributed by atoms with Gasteiger partial charge in [0.05, 0.1) is 12.6 Å². The molecule has 0 radical (unpaired) electrons. The maximum absolute atomic E-state index is 12.9. The zero-order valence-corrected chi connectivity index (χ0v) is 8.12. The van der Waals surface area contributed by atoms with Crippen molar-refractivity contribution in [3.63, 3.8) is 0 Å². The van der Waals surface area contributed by atoms with Gasteiger partial charge in [0.2, 0.25) is 0 Å². The molecule has 0 aliphatic carbocycles. The van der Waals surface area contributed by atoms with Gasteiger partial charge in [0.1, 0.15) is 0 Å². The van der Waals surface area contributed by atoms with Crippen molar-refractivity contribution in [2.75, 3.05) is 6.61 Å². The standard InChI is InChI=1S/C8H7F4NO.ClH/c9-3-1-4(10)8(12)6(7(3)11)5(13)2-14;/h1,5,14H,2,13H2;1H/t5-;/m0./s1. The van der Waals surface area contributed by atoms with E-state index >= 15 is 0 Å². The Morgan fingerprint density at radius 2 is 1.53 bits per heavy atom. The van der Waals surface area contributed by atoms with Crippen molar-refractivity contribution < 1.29 is 22.7 Å². The van der Waals surface area contributed by atoms with Gasteiger partial charge in [-0.25, -0.2) is 17.6 Å². The molecule has 0 saturated heterocycles. The predicted molar refractivity (Wildman–Crippen MR) is 47.5 cm³/mol. The molecule has 0 fully saturated rings. The maximum Gasteiger partial charge on any atom is 0.166 e. The first-order chi connectivity index (χ1) is 6.49. The highest BCUT2D eigenvalue weighted by molar-refractivity contribution is 5.85. The van der Waals surface area contributed by atoms with E-state index < -0.39 is 41.5 Å². The minimum absolute atomic E-state index is 0. The molecule has 0 aliphatic heterocycles. The number of hydrogen-bond donors (Lipinski definition) is 2. The summed E-state index contributed by atoms with van der Waals surface area (Å²) < 4.78 is 51.0. The van der Waals surface area contributed by atoms with Crippen LogP contribution < -0.4 is 5.73 Å². The highest BCUT2D eigenvalue weighted by Crippen LogP contribution is 2.23. The molecular formula is C8H8ClF4NO. The van der Waals surface area contributed by atoms with Crippen molar-refractivity contribution >= 4 is 12.4 Å². The summed E-state index contributed by atoms with van der Waals surface area (Å²) >= 11 is 0. The summed E-state index contributed by atoms with van der Waals surface area (Å²) in [5.74, 6) is -6.23. The molecule has 1 rings (SSSR count). The number of halogens is 5. The van der Waals surface area contributed by atoms with Crippen LogP contribution in [0.4, 0.5) is 17.6 Å². The van der Waals surface area contributed by atoms with Crippen molar-refractivity contribution in [2.24, 2.45) is 5.73 Å². The van der Waals surface area contributed by atoms with Gasteiger partial charge in [0.15, 0.2) is 23.3 Å². The molecule has 1 aromatic rings. The maximum atomic E-state index is 12.9. The predicted octanol–water partition coefficient (Wildman–Crippen LogP) is 1.66. The third-order valence-corrected chi connectivity index (χ3v) is 1.71. The number of hydrogen-bond acceptors (Lipinski definition) is 2. The van der Waals surface area contributed by atoms with E-state index in [1.807, 2.05) is 0 Å². The first-order valence-corrected chi connectivity index (χ1v) is 3.68. The summed E-state index contributed by atoms with van der Waals surface area (Å²) in [5.41, 5.74) is 4.09. The van der Waals surface area contributed by atoms with Crippen molar-refractivity contribution in [2.45, 2.75) is 6.04 Å². The van der Waals surface area contributed by atoms with E-state index in [2.05, 4.69) is 0 Å². The Bertz CT molecular complexity index is 335. The Balaban J connectivity index is 0.00000196. The lowest BCUT2D eigenvalue weighted by Crippen LogP contribution is -2.19. The minimum atomic E-state index is -1.58. The summed E-state index contributed by atoms with van der Waals surface area (Å²) in [4.78, 5) is 0. The van der Waals surface area contributed by atoms with Crippen molar-refractivity contribution in [1.29, 1.82) is 0 Å². The Morgan fingerprint density at radius 1 is 1.13 bits per heavy atom. The molecule has 0 unspecified atom stereocenters. The Hall–Kier alpha value is -0.850. The molecule has 7 heteroatoms. The first kappa shape index (κ1) is 14.2. The minimum Gasteiger partial charge on any atom is -0.394 e. The molecule has 1 aromatic carbocycles. The average molecular weight is 246 g/mol. The van der Waals surface area contributed by atoms with Crippen molar-refractivity contribution in [3.8, 4) is 0 Å². The van der Waals surface area contributed by atoms with Crippen molar-refractivity contribution in [1.82, 2.24) is 0 Å². The van der Waals surface area contributed by atoms with Crippen LogP contribution in [0.15, 0.2) is 6.07 Å². The van der Waals surface area contributed by atoms with Gasteiger partial charge in [0.25, 0.3) is 0 Å². The van der Waals surface area contributed by atoms with Gasteiger partial charge < -0.3 is 10.8 Å². The van der Waals surface area contributed by atoms with Gasteiger partial charge >= 0.3 is 0 Å². The third-order valence-electron chi connectivity index (χ3n) is 1.71. The number of aliphatic hydroxyl groups is 1. The number of aliphatic hydroxyl groups excluding tert-OH is 1. The molecule has 0 saturated carbocycles. The highest BCUT2D eigenvalue weighted by Gasteiger charge is 2.23. The number of rotatable bonds is 2. The molecule has 2 nitrogen and oxygen atoms in total. The summed E-state index contributed by atoms with van der Waals surface area (Å²) in [7, 11) is 0. The normalized spacial score (nSPS) is 12.1. The van der Waals surface area contributed by atoms with E-state index in [1.165, 1.54) is 0 Å². The molecule has 0 spiro atoms. The summed E-state index contributed by atoms with van der Waals surface area (Å²) in [6, 6.07) is -1.40. The zero-order valence-electron chi connectivity index (χ0n) is 7.31. The van der Waals surface area contributed by atoms with Gasteiger partial charge in [-0.15, -0.1) is 12.4 Å². The molecule has 0 amide bonds. The summed E-state index contributed by atoms with van der Waals surface area (Å²) in [6.07, 6.45) is 0. The first-order valence-electron chi connectivity index (χ1n) is 3.68. The topological polar surface area (TPSA) is 46.2 Å². The zero-order chi connectivity index (χ0) is 10.9.